The fourth-order valence-corrected chi connectivity index (χ4v) is 2.13. The second kappa shape index (κ2) is 7.98. The van der Waals surface area contributed by atoms with Crippen LogP contribution in [-0.2, 0) is 0 Å². The van der Waals surface area contributed by atoms with Gasteiger partial charge in [-0.2, -0.15) is 5.26 Å². The number of rotatable bonds is 7. The number of hydrogen-bond acceptors (Lipinski definition) is 5. The number of nitriles is 1. The highest BCUT2D eigenvalue weighted by Gasteiger charge is 2.06. The Morgan fingerprint density at radius 2 is 2.22 bits per heavy atom. The summed E-state index contributed by atoms with van der Waals surface area (Å²) in [5.41, 5.74) is 1.56. The molecular formula is C13H19N3OS. The first-order chi connectivity index (χ1) is 8.69. The second-order valence-corrected chi connectivity index (χ2v) is 4.82. The van der Waals surface area contributed by atoms with Crippen molar-refractivity contribution in [2.45, 2.75) is 17.9 Å². The van der Waals surface area contributed by atoms with E-state index in [1.54, 1.807) is 18.7 Å². The van der Waals surface area contributed by atoms with Crippen LogP contribution >= 0.6 is 11.8 Å². The summed E-state index contributed by atoms with van der Waals surface area (Å²) < 4.78 is 0. The van der Waals surface area contributed by atoms with E-state index >= 15 is 0 Å². The van der Waals surface area contributed by atoms with Gasteiger partial charge in [-0.05, 0) is 25.3 Å². The van der Waals surface area contributed by atoms with Crippen molar-refractivity contribution in [3.8, 4) is 6.07 Å². The maximum absolute atomic E-state index is 9.15. The van der Waals surface area contributed by atoms with Gasteiger partial charge in [-0.25, -0.2) is 0 Å². The Labute approximate surface area is 112 Å². The molecule has 0 aliphatic carbocycles. The molecule has 0 spiro atoms. The van der Waals surface area contributed by atoms with Gasteiger partial charge in [0.1, 0.15) is 6.07 Å². The van der Waals surface area contributed by atoms with E-state index < -0.39 is 0 Å². The average Bonchev–Trinajstić information content (AvgIpc) is 2.37. The number of thioether (sulfide) groups is 1. The molecule has 0 heterocycles. The lowest BCUT2D eigenvalue weighted by atomic mass is 10.2. The van der Waals surface area contributed by atoms with Crippen molar-refractivity contribution >= 4 is 17.4 Å². The number of anilines is 1. The van der Waals surface area contributed by atoms with Crippen LogP contribution in [0.3, 0.4) is 0 Å². The van der Waals surface area contributed by atoms with Crippen molar-refractivity contribution in [3.63, 3.8) is 0 Å². The van der Waals surface area contributed by atoms with Gasteiger partial charge in [-0.1, -0.05) is 6.07 Å². The molecule has 0 aromatic heterocycles. The molecule has 1 aromatic carbocycles. The zero-order valence-corrected chi connectivity index (χ0v) is 11.5. The molecule has 1 aromatic rings. The predicted octanol–water partition coefficient (Wildman–Crippen LogP) is 1.66. The Kier molecular flexibility index (Phi) is 6.58. The molecule has 18 heavy (non-hydrogen) atoms. The Balaban J connectivity index is 2.50. The molecule has 0 aliphatic rings. The van der Waals surface area contributed by atoms with E-state index in [9.17, 15) is 0 Å². The molecule has 1 unspecified atom stereocenters. The fourth-order valence-electron chi connectivity index (χ4n) is 1.56. The molecule has 0 aliphatic heterocycles. The molecule has 0 bridgehead atoms. The molecule has 0 fully saturated rings. The molecule has 1 rings (SSSR count). The van der Waals surface area contributed by atoms with Crippen molar-refractivity contribution in [3.05, 3.63) is 23.8 Å². The van der Waals surface area contributed by atoms with Gasteiger partial charge in [0.2, 0.25) is 0 Å². The SMILES string of the molecule is CSc1cccc(NCCNCC(C)O)c1C#N. The van der Waals surface area contributed by atoms with Crippen LogP contribution in [0.15, 0.2) is 23.1 Å². The third-order valence-electron chi connectivity index (χ3n) is 2.41. The molecule has 3 N–H and O–H groups in total. The Morgan fingerprint density at radius 3 is 2.83 bits per heavy atom. The summed E-state index contributed by atoms with van der Waals surface area (Å²) in [5, 5.41) is 24.6. The number of benzene rings is 1. The highest BCUT2D eigenvalue weighted by Crippen LogP contribution is 2.25. The first kappa shape index (κ1) is 14.8. The summed E-state index contributed by atoms with van der Waals surface area (Å²) in [4.78, 5) is 0.986. The molecule has 4 nitrogen and oxygen atoms in total. The van der Waals surface area contributed by atoms with E-state index in [0.29, 0.717) is 12.1 Å². The van der Waals surface area contributed by atoms with Crippen molar-refractivity contribution in [2.24, 2.45) is 0 Å². The lowest BCUT2D eigenvalue weighted by Gasteiger charge is -2.11. The van der Waals surface area contributed by atoms with Crippen LogP contribution in [0.1, 0.15) is 12.5 Å². The molecule has 5 heteroatoms. The molecular weight excluding hydrogens is 246 g/mol. The molecule has 0 saturated carbocycles. The van der Waals surface area contributed by atoms with Crippen LogP contribution in [0, 0.1) is 11.3 Å². The molecule has 0 saturated heterocycles. The van der Waals surface area contributed by atoms with Crippen LogP contribution in [0.4, 0.5) is 5.69 Å². The van der Waals surface area contributed by atoms with Crippen LogP contribution in [0.25, 0.3) is 0 Å². The highest BCUT2D eigenvalue weighted by atomic mass is 32.2. The summed E-state index contributed by atoms with van der Waals surface area (Å²) in [7, 11) is 0. The first-order valence-electron chi connectivity index (χ1n) is 5.88. The largest absolute Gasteiger partial charge is 0.392 e. The normalized spacial score (nSPS) is 11.9. The van der Waals surface area contributed by atoms with E-state index in [2.05, 4.69) is 16.7 Å². The summed E-state index contributed by atoms with van der Waals surface area (Å²) >= 11 is 1.57. The van der Waals surface area contributed by atoms with Gasteiger partial charge in [0.05, 0.1) is 17.4 Å². The Hall–Kier alpha value is -1.22. The van der Waals surface area contributed by atoms with Crippen molar-refractivity contribution in [1.29, 1.82) is 5.26 Å². The van der Waals surface area contributed by atoms with E-state index in [-0.39, 0.29) is 6.10 Å². The summed E-state index contributed by atoms with van der Waals surface area (Å²) in [6.07, 6.45) is 1.63. The van der Waals surface area contributed by atoms with Gasteiger partial charge >= 0.3 is 0 Å². The Morgan fingerprint density at radius 1 is 1.44 bits per heavy atom. The van der Waals surface area contributed by atoms with Crippen molar-refractivity contribution in [2.75, 3.05) is 31.2 Å². The topological polar surface area (TPSA) is 68.1 Å². The number of nitrogens with zero attached hydrogens (tertiary/aromatic N) is 1. The van der Waals surface area contributed by atoms with Crippen LogP contribution in [0.5, 0.6) is 0 Å². The monoisotopic (exact) mass is 265 g/mol. The number of aliphatic hydroxyl groups excluding tert-OH is 1. The first-order valence-corrected chi connectivity index (χ1v) is 7.11. The maximum Gasteiger partial charge on any atom is 0.102 e. The summed E-state index contributed by atoms with van der Waals surface area (Å²) in [5.74, 6) is 0. The molecule has 0 radical (unpaired) electrons. The van der Waals surface area contributed by atoms with Crippen molar-refractivity contribution < 1.29 is 5.11 Å². The van der Waals surface area contributed by atoms with Gasteiger partial charge in [-0.3, -0.25) is 0 Å². The molecule has 98 valence electrons. The van der Waals surface area contributed by atoms with E-state index in [0.717, 1.165) is 23.7 Å². The van der Waals surface area contributed by atoms with Gasteiger partial charge in [0.25, 0.3) is 0 Å². The maximum atomic E-state index is 9.15. The van der Waals surface area contributed by atoms with E-state index in [1.807, 2.05) is 24.5 Å². The van der Waals surface area contributed by atoms with Crippen LogP contribution in [-0.4, -0.2) is 37.1 Å². The highest BCUT2D eigenvalue weighted by molar-refractivity contribution is 7.98. The number of nitrogens with one attached hydrogen (secondary N) is 2. The van der Waals surface area contributed by atoms with Gasteiger partial charge < -0.3 is 15.7 Å². The zero-order chi connectivity index (χ0) is 13.4. The van der Waals surface area contributed by atoms with Gasteiger partial charge in [0.15, 0.2) is 0 Å². The minimum absolute atomic E-state index is 0.334. The van der Waals surface area contributed by atoms with Gasteiger partial charge in [0, 0.05) is 24.5 Å². The quantitative estimate of drug-likeness (QED) is 0.517. The summed E-state index contributed by atoms with van der Waals surface area (Å²) in [6, 6.07) is 8.03. The molecule has 0 amide bonds. The zero-order valence-electron chi connectivity index (χ0n) is 10.7. The standard InChI is InChI=1S/C13H19N3OS/c1-10(17)9-15-6-7-16-12-4-3-5-13(18-2)11(12)8-14/h3-5,10,15-17H,6-7,9H2,1-2H3. The predicted molar refractivity (Wildman–Crippen MR) is 76.0 cm³/mol. The van der Waals surface area contributed by atoms with Gasteiger partial charge in [-0.15, -0.1) is 11.8 Å². The number of aliphatic hydroxyl groups is 1. The third-order valence-corrected chi connectivity index (χ3v) is 3.19. The smallest absolute Gasteiger partial charge is 0.102 e. The van der Waals surface area contributed by atoms with E-state index in [1.165, 1.54) is 0 Å². The third kappa shape index (κ3) is 4.57. The fraction of sp³-hybridized carbons (Fsp3) is 0.462. The lowest BCUT2D eigenvalue weighted by molar-refractivity contribution is 0.192. The lowest BCUT2D eigenvalue weighted by Crippen LogP contribution is -2.29. The minimum atomic E-state index is -0.334. The van der Waals surface area contributed by atoms with Crippen molar-refractivity contribution in [1.82, 2.24) is 5.32 Å². The average molecular weight is 265 g/mol. The summed E-state index contributed by atoms with van der Waals surface area (Å²) in [6.45, 7) is 3.80. The Bertz CT molecular complexity index is 415. The molecule has 1 atom stereocenters. The minimum Gasteiger partial charge on any atom is -0.392 e. The van der Waals surface area contributed by atoms with Crippen LogP contribution in [0.2, 0.25) is 0 Å². The second-order valence-electron chi connectivity index (χ2n) is 3.97. The van der Waals surface area contributed by atoms with Crippen LogP contribution < -0.4 is 10.6 Å². The number of hydrogen-bond donors (Lipinski definition) is 3. The van der Waals surface area contributed by atoms with E-state index in [4.69, 9.17) is 10.4 Å².